The maximum Gasteiger partial charge on any atom is 0.136 e. The molecule has 0 aliphatic carbocycles. The van der Waals surface area contributed by atoms with Gasteiger partial charge in [0.25, 0.3) is 0 Å². The fourth-order valence-electron chi connectivity index (χ4n) is 1.84. The van der Waals surface area contributed by atoms with Crippen molar-refractivity contribution in [1.82, 2.24) is 0 Å². The molecule has 0 fully saturated rings. The molecular formula is C11H14BrNO. The first kappa shape index (κ1) is 9.99. The topological polar surface area (TPSA) is 35.2 Å². The Hall–Kier alpha value is -0.540. The van der Waals surface area contributed by atoms with E-state index in [0.29, 0.717) is 12.5 Å². The van der Waals surface area contributed by atoms with Crippen LogP contribution in [0.1, 0.15) is 11.1 Å². The quantitative estimate of drug-likeness (QED) is 0.836. The van der Waals surface area contributed by atoms with Crippen LogP contribution in [0.15, 0.2) is 16.6 Å². The number of benzene rings is 1. The van der Waals surface area contributed by atoms with Crippen LogP contribution in [0.2, 0.25) is 0 Å². The molecule has 1 aromatic rings. The van der Waals surface area contributed by atoms with Crippen molar-refractivity contribution >= 4 is 15.9 Å². The first-order valence-corrected chi connectivity index (χ1v) is 5.62. The fourth-order valence-corrected chi connectivity index (χ4v) is 2.57. The molecule has 14 heavy (non-hydrogen) atoms. The summed E-state index contributed by atoms with van der Waals surface area (Å²) < 4.78 is 6.74. The fraction of sp³-hybridized carbons (Fsp3) is 0.455. The number of hydrogen-bond donors (Lipinski definition) is 1. The normalized spacial score (nSPS) is 20.1. The highest BCUT2D eigenvalue weighted by atomic mass is 79.9. The summed E-state index contributed by atoms with van der Waals surface area (Å²) >= 11 is 3.52. The number of aryl methyl sites for hydroxylation is 1. The minimum atomic E-state index is 0.469. The molecule has 2 rings (SSSR count). The first-order chi connectivity index (χ1) is 6.70. The number of halogens is 1. The Morgan fingerprint density at radius 2 is 2.36 bits per heavy atom. The molecule has 76 valence electrons. The van der Waals surface area contributed by atoms with E-state index in [0.717, 1.165) is 23.2 Å². The number of ether oxygens (including phenoxy) is 1. The van der Waals surface area contributed by atoms with Gasteiger partial charge in [-0.1, -0.05) is 6.07 Å². The minimum Gasteiger partial charge on any atom is -0.492 e. The Morgan fingerprint density at radius 1 is 1.57 bits per heavy atom. The van der Waals surface area contributed by atoms with Crippen LogP contribution in [0.5, 0.6) is 5.75 Å². The van der Waals surface area contributed by atoms with Crippen molar-refractivity contribution in [1.29, 1.82) is 0 Å². The lowest BCUT2D eigenvalue weighted by atomic mass is 9.96. The van der Waals surface area contributed by atoms with Gasteiger partial charge in [-0.05, 0) is 53.0 Å². The highest BCUT2D eigenvalue weighted by molar-refractivity contribution is 9.10. The monoisotopic (exact) mass is 255 g/mol. The Morgan fingerprint density at radius 3 is 3.07 bits per heavy atom. The number of nitrogens with two attached hydrogens (primary N) is 1. The van der Waals surface area contributed by atoms with E-state index >= 15 is 0 Å². The molecule has 1 aliphatic heterocycles. The van der Waals surface area contributed by atoms with Crippen LogP contribution in [-0.2, 0) is 6.42 Å². The Labute approximate surface area is 92.6 Å². The summed E-state index contributed by atoms with van der Waals surface area (Å²) in [6.45, 7) is 3.53. The highest BCUT2D eigenvalue weighted by Gasteiger charge is 2.20. The molecule has 0 saturated heterocycles. The van der Waals surface area contributed by atoms with Crippen molar-refractivity contribution in [3.8, 4) is 5.75 Å². The lowest BCUT2D eigenvalue weighted by molar-refractivity contribution is 0.225. The molecule has 0 amide bonds. The van der Waals surface area contributed by atoms with Crippen LogP contribution in [0.25, 0.3) is 0 Å². The summed E-state index contributed by atoms with van der Waals surface area (Å²) in [5.74, 6) is 1.47. The van der Waals surface area contributed by atoms with Crippen LogP contribution in [-0.4, -0.2) is 13.2 Å². The van der Waals surface area contributed by atoms with Gasteiger partial charge in [-0.2, -0.15) is 0 Å². The van der Waals surface area contributed by atoms with Crippen LogP contribution in [0.4, 0.5) is 0 Å². The second-order valence-electron chi connectivity index (χ2n) is 3.85. The number of hydrogen-bond acceptors (Lipinski definition) is 2. The average molecular weight is 256 g/mol. The smallest absolute Gasteiger partial charge is 0.136 e. The van der Waals surface area contributed by atoms with Gasteiger partial charge in [0.15, 0.2) is 0 Å². The van der Waals surface area contributed by atoms with Gasteiger partial charge in [0.05, 0.1) is 11.1 Å². The van der Waals surface area contributed by atoms with Crippen molar-refractivity contribution in [3.05, 3.63) is 27.7 Å². The predicted octanol–water partition coefficient (Wildman–Crippen LogP) is 2.27. The largest absolute Gasteiger partial charge is 0.492 e. The van der Waals surface area contributed by atoms with E-state index in [1.54, 1.807) is 0 Å². The van der Waals surface area contributed by atoms with Crippen LogP contribution >= 0.6 is 15.9 Å². The van der Waals surface area contributed by atoms with Gasteiger partial charge in [-0.15, -0.1) is 0 Å². The zero-order valence-electron chi connectivity index (χ0n) is 8.22. The molecule has 1 atom stereocenters. The maximum atomic E-state index is 5.69. The second-order valence-corrected chi connectivity index (χ2v) is 4.71. The summed E-state index contributed by atoms with van der Waals surface area (Å²) in [4.78, 5) is 0. The van der Waals surface area contributed by atoms with Crippen molar-refractivity contribution in [2.24, 2.45) is 11.7 Å². The molecule has 1 aliphatic rings. The summed E-state index contributed by atoms with van der Waals surface area (Å²) in [6, 6.07) is 4.27. The third kappa shape index (κ3) is 1.79. The summed E-state index contributed by atoms with van der Waals surface area (Å²) in [7, 11) is 0. The van der Waals surface area contributed by atoms with Crippen molar-refractivity contribution in [2.45, 2.75) is 13.3 Å². The summed E-state index contributed by atoms with van der Waals surface area (Å²) in [5, 5.41) is 0. The Kier molecular flexibility index (Phi) is 2.79. The highest BCUT2D eigenvalue weighted by Crippen LogP contribution is 2.35. The third-order valence-corrected chi connectivity index (χ3v) is 3.16. The second kappa shape index (κ2) is 3.91. The van der Waals surface area contributed by atoms with Gasteiger partial charge in [0.1, 0.15) is 5.75 Å². The van der Waals surface area contributed by atoms with Gasteiger partial charge >= 0.3 is 0 Å². The molecule has 1 unspecified atom stereocenters. The molecule has 0 bridgehead atoms. The molecule has 2 nitrogen and oxygen atoms in total. The number of fused-ring (bicyclic) bond motifs is 1. The molecular weight excluding hydrogens is 242 g/mol. The third-order valence-electron chi connectivity index (χ3n) is 2.57. The van der Waals surface area contributed by atoms with E-state index in [9.17, 15) is 0 Å². The van der Waals surface area contributed by atoms with E-state index in [1.807, 2.05) is 0 Å². The zero-order valence-corrected chi connectivity index (χ0v) is 9.80. The van der Waals surface area contributed by atoms with E-state index in [1.165, 1.54) is 11.1 Å². The van der Waals surface area contributed by atoms with Crippen LogP contribution in [0, 0.1) is 12.8 Å². The average Bonchev–Trinajstić information content (AvgIpc) is 2.16. The number of rotatable bonds is 1. The molecule has 0 saturated carbocycles. The van der Waals surface area contributed by atoms with E-state index < -0.39 is 0 Å². The van der Waals surface area contributed by atoms with E-state index in [4.69, 9.17) is 10.5 Å². The van der Waals surface area contributed by atoms with Gasteiger partial charge in [0, 0.05) is 5.92 Å². The first-order valence-electron chi connectivity index (χ1n) is 4.82. The van der Waals surface area contributed by atoms with E-state index in [2.05, 4.69) is 35.0 Å². The van der Waals surface area contributed by atoms with Crippen molar-refractivity contribution in [2.75, 3.05) is 13.2 Å². The molecule has 3 heteroatoms. The van der Waals surface area contributed by atoms with Crippen molar-refractivity contribution in [3.63, 3.8) is 0 Å². The van der Waals surface area contributed by atoms with Crippen LogP contribution in [0.3, 0.4) is 0 Å². The standard InChI is InChI=1S/C11H14BrNO/c1-7-2-9-4-8(5-13)6-14-11(9)10(12)3-7/h2-3,8H,4-6,13H2,1H3. The Bertz CT molecular complexity index is 351. The van der Waals surface area contributed by atoms with E-state index in [-0.39, 0.29) is 0 Å². The zero-order chi connectivity index (χ0) is 10.1. The predicted molar refractivity (Wildman–Crippen MR) is 60.6 cm³/mol. The summed E-state index contributed by atoms with van der Waals surface area (Å²) in [5.41, 5.74) is 8.18. The molecule has 0 radical (unpaired) electrons. The molecule has 0 spiro atoms. The van der Waals surface area contributed by atoms with Crippen LogP contribution < -0.4 is 10.5 Å². The Balaban J connectivity index is 2.37. The molecule has 0 aromatic heterocycles. The SMILES string of the molecule is Cc1cc(Br)c2c(c1)CC(CN)CO2. The summed E-state index contributed by atoms with van der Waals surface area (Å²) in [6.07, 6.45) is 1.03. The van der Waals surface area contributed by atoms with Gasteiger partial charge in [0.2, 0.25) is 0 Å². The van der Waals surface area contributed by atoms with Gasteiger partial charge < -0.3 is 10.5 Å². The van der Waals surface area contributed by atoms with Gasteiger partial charge in [-0.3, -0.25) is 0 Å². The molecule has 1 heterocycles. The molecule has 1 aromatic carbocycles. The van der Waals surface area contributed by atoms with Gasteiger partial charge in [-0.25, -0.2) is 0 Å². The minimum absolute atomic E-state index is 0.469. The maximum absolute atomic E-state index is 5.69. The lowest BCUT2D eigenvalue weighted by Crippen LogP contribution is -2.27. The van der Waals surface area contributed by atoms with Crippen molar-refractivity contribution < 1.29 is 4.74 Å². The molecule has 2 N–H and O–H groups in total. The lowest BCUT2D eigenvalue weighted by Gasteiger charge is -2.25.